The molecule has 3 rings (SSSR count). The minimum atomic E-state index is -0.614. The van der Waals surface area contributed by atoms with E-state index in [1.54, 1.807) is 30.3 Å². The minimum absolute atomic E-state index is 0.115. The first-order valence-corrected chi connectivity index (χ1v) is 8.32. The van der Waals surface area contributed by atoms with Gasteiger partial charge in [0.2, 0.25) is 11.3 Å². The lowest BCUT2D eigenvalue weighted by Crippen LogP contribution is -2.33. The second-order valence-electron chi connectivity index (χ2n) is 6.03. The molecule has 7 nitrogen and oxygen atoms in total. The number of ether oxygens (including phenoxy) is 1. The third-order valence-corrected chi connectivity index (χ3v) is 3.98. The van der Waals surface area contributed by atoms with Gasteiger partial charge in [-0.15, -0.1) is 0 Å². The van der Waals surface area contributed by atoms with Crippen molar-refractivity contribution in [2.75, 3.05) is 23.3 Å². The van der Waals surface area contributed by atoms with Gasteiger partial charge < -0.3 is 15.4 Å². The standard InChI is InChI=1S/C19H18FN3O4/c1-12(24)21-10-14-11-23(19(26)27-14)13-7-8-16(15(20)9-13)22-17-5-3-2-4-6-18(17)25/h2-9,14H,10-11H2,1H3,(H,21,24)(H,22,25). The number of carbonyl (C=O) groups excluding carboxylic acids is 2. The Morgan fingerprint density at radius 3 is 2.70 bits per heavy atom. The molecule has 1 atom stereocenters. The van der Waals surface area contributed by atoms with E-state index in [0.717, 1.165) is 0 Å². The Bertz CT molecular complexity index is 935. The lowest BCUT2D eigenvalue weighted by atomic mass is 10.2. The van der Waals surface area contributed by atoms with Crippen LogP contribution in [-0.4, -0.2) is 31.2 Å². The van der Waals surface area contributed by atoms with Crippen LogP contribution in [0.1, 0.15) is 6.92 Å². The quantitative estimate of drug-likeness (QED) is 0.843. The van der Waals surface area contributed by atoms with Gasteiger partial charge in [0.25, 0.3) is 0 Å². The van der Waals surface area contributed by atoms with Crippen LogP contribution in [-0.2, 0) is 9.53 Å². The number of benzene rings is 1. The SMILES string of the molecule is CC(=O)NCC1CN(c2ccc(Nc3cccccc3=O)c(F)c2)C(=O)O1. The van der Waals surface area contributed by atoms with Gasteiger partial charge in [0, 0.05) is 6.92 Å². The molecule has 1 fully saturated rings. The second-order valence-corrected chi connectivity index (χ2v) is 6.03. The second kappa shape index (κ2) is 7.86. The number of halogens is 1. The summed E-state index contributed by atoms with van der Waals surface area (Å²) in [6.45, 7) is 1.76. The van der Waals surface area contributed by atoms with E-state index in [-0.39, 0.29) is 35.8 Å². The summed E-state index contributed by atoms with van der Waals surface area (Å²) in [5, 5.41) is 5.34. The summed E-state index contributed by atoms with van der Waals surface area (Å²) in [5.74, 6) is -0.838. The topological polar surface area (TPSA) is 87.7 Å². The van der Waals surface area contributed by atoms with Crippen LogP contribution < -0.4 is 21.0 Å². The average molecular weight is 371 g/mol. The van der Waals surface area contributed by atoms with Crippen molar-refractivity contribution < 1.29 is 18.7 Å². The number of rotatable bonds is 5. The molecule has 2 amide bonds. The first-order chi connectivity index (χ1) is 12.9. The van der Waals surface area contributed by atoms with Crippen LogP contribution >= 0.6 is 0 Å². The predicted octanol–water partition coefficient (Wildman–Crippen LogP) is 2.39. The molecule has 2 N–H and O–H groups in total. The zero-order valence-electron chi connectivity index (χ0n) is 14.6. The molecule has 0 aliphatic carbocycles. The van der Waals surface area contributed by atoms with Gasteiger partial charge in [-0.25, -0.2) is 9.18 Å². The Kier molecular flexibility index (Phi) is 5.35. The zero-order valence-corrected chi connectivity index (χ0v) is 14.6. The highest BCUT2D eigenvalue weighted by Crippen LogP contribution is 2.27. The molecular formula is C19H18FN3O4. The van der Waals surface area contributed by atoms with Gasteiger partial charge in [-0.1, -0.05) is 18.2 Å². The summed E-state index contributed by atoms with van der Waals surface area (Å²) in [4.78, 5) is 36.2. The van der Waals surface area contributed by atoms with E-state index in [1.165, 1.54) is 30.0 Å². The molecule has 1 aliphatic heterocycles. The average Bonchev–Trinajstić information content (AvgIpc) is 2.88. The van der Waals surface area contributed by atoms with Crippen molar-refractivity contribution in [2.24, 2.45) is 0 Å². The highest BCUT2D eigenvalue weighted by atomic mass is 19.1. The van der Waals surface area contributed by atoms with Crippen LogP contribution in [0.4, 0.5) is 26.2 Å². The van der Waals surface area contributed by atoms with Gasteiger partial charge in [0.15, 0.2) is 0 Å². The summed E-state index contributed by atoms with van der Waals surface area (Å²) in [6, 6.07) is 12.1. The van der Waals surface area contributed by atoms with E-state index >= 15 is 0 Å². The monoisotopic (exact) mass is 371 g/mol. The number of hydrogen-bond acceptors (Lipinski definition) is 5. The molecule has 27 heavy (non-hydrogen) atoms. The van der Waals surface area contributed by atoms with Crippen molar-refractivity contribution in [2.45, 2.75) is 13.0 Å². The first-order valence-electron chi connectivity index (χ1n) is 8.32. The molecule has 140 valence electrons. The number of carbonyl (C=O) groups is 2. The van der Waals surface area contributed by atoms with Crippen LogP contribution in [0.25, 0.3) is 0 Å². The summed E-state index contributed by atoms with van der Waals surface area (Å²) in [7, 11) is 0. The van der Waals surface area contributed by atoms with Crippen molar-refractivity contribution in [1.29, 1.82) is 0 Å². The number of nitrogens with zero attached hydrogens (tertiary/aromatic N) is 1. The summed E-state index contributed by atoms with van der Waals surface area (Å²) in [5.41, 5.74) is 0.411. The molecule has 1 heterocycles. The van der Waals surface area contributed by atoms with Gasteiger partial charge in [-0.05, 0) is 30.3 Å². The van der Waals surface area contributed by atoms with Crippen LogP contribution in [0.3, 0.4) is 0 Å². The molecule has 0 spiro atoms. The minimum Gasteiger partial charge on any atom is -0.442 e. The number of cyclic esters (lactones) is 1. The zero-order chi connectivity index (χ0) is 19.4. The fourth-order valence-electron chi connectivity index (χ4n) is 2.65. The number of amides is 2. The maximum absolute atomic E-state index is 14.5. The summed E-state index contributed by atoms with van der Waals surface area (Å²) < 4.78 is 19.7. The van der Waals surface area contributed by atoms with Crippen molar-refractivity contribution in [3.63, 3.8) is 0 Å². The number of hydrogen-bond donors (Lipinski definition) is 2. The highest BCUT2D eigenvalue weighted by Gasteiger charge is 2.32. The van der Waals surface area contributed by atoms with Crippen molar-refractivity contribution >= 4 is 29.1 Å². The summed E-state index contributed by atoms with van der Waals surface area (Å²) in [6.07, 6.45) is -1.11. The fourth-order valence-corrected chi connectivity index (χ4v) is 2.65. The Hall–Kier alpha value is -3.42. The smallest absolute Gasteiger partial charge is 0.414 e. The van der Waals surface area contributed by atoms with Gasteiger partial charge >= 0.3 is 6.09 Å². The number of anilines is 3. The Morgan fingerprint density at radius 1 is 1.19 bits per heavy atom. The van der Waals surface area contributed by atoms with Crippen molar-refractivity contribution in [3.8, 4) is 0 Å². The van der Waals surface area contributed by atoms with Crippen molar-refractivity contribution in [1.82, 2.24) is 5.32 Å². The van der Waals surface area contributed by atoms with Crippen LogP contribution in [0.15, 0.2) is 53.3 Å². The highest BCUT2D eigenvalue weighted by molar-refractivity contribution is 5.90. The van der Waals surface area contributed by atoms with E-state index in [2.05, 4.69) is 10.6 Å². The Morgan fingerprint density at radius 2 is 1.96 bits per heavy atom. The van der Waals surface area contributed by atoms with Crippen molar-refractivity contribution in [3.05, 3.63) is 64.6 Å². The van der Waals surface area contributed by atoms with E-state index in [1.807, 2.05) is 0 Å². The van der Waals surface area contributed by atoms with Crippen LogP contribution in [0.5, 0.6) is 0 Å². The fraction of sp³-hybridized carbons (Fsp3) is 0.211. The molecule has 2 aromatic carbocycles. The maximum Gasteiger partial charge on any atom is 0.414 e. The maximum atomic E-state index is 14.5. The molecule has 0 bridgehead atoms. The van der Waals surface area contributed by atoms with E-state index in [4.69, 9.17) is 4.74 Å². The molecule has 1 saturated heterocycles. The molecule has 0 radical (unpaired) electrons. The first kappa shape index (κ1) is 18.4. The Labute approximate surface area is 154 Å². The molecular weight excluding hydrogens is 353 g/mol. The van der Waals surface area contributed by atoms with E-state index in [0.29, 0.717) is 5.69 Å². The van der Waals surface area contributed by atoms with Crippen LogP contribution in [0, 0.1) is 5.82 Å². The number of nitrogens with one attached hydrogen (secondary N) is 2. The van der Waals surface area contributed by atoms with Gasteiger partial charge in [0.1, 0.15) is 11.9 Å². The van der Waals surface area contributed by atoms with E-state index in [9.17, 15) is 18.8 Å². The molecule has 2 aromatic rings. The molecule has 1 unspecified atom stereocenters. The lowest BCUT2D eigenvalue weighted by Gasteiger charge is -2.15. The summed E-state index contributed by atoms with van der Waals surface area (Å²) >= 11 is 0. The molecule has 8 heteroatoms. The Balaban J connectivity index is 1.75. The third kappa shape index (κ3) is 4.41. The molecule has 0 aromatic heterocycles. The third-order valence-electron chi connectivity index (χ3n) is 3.98. The van der Waals surface area contributed by atoms with Gasteiger partial charge in [0.05, 0.1) is 30.2 Å². The normalized spacial score (nSPS) is 16.0. The molecule has 1 aliphatic rings. The van der Waals surface area contributed by atoms with Crippen LogP contribution in [0.2, 0.25) is 0 Å². The molecule has 0 saturated carbocycles. The largest absolute Gasteiger partial charge is 0.442 e. The van der Waals surface area contributed by atoms with E-state index < -0.39 is 18.0 Å². The van der Waals surface area contributed by atoms with Gasteiger partial charge in [-0.2, -0.15) is 0 Å². The van der Waals surface area contributed by atoms with Gasteiger partial charge in [-0.3, -0.25) is 14.5 Å². The lowest BCUT2D eigenvalue weighted by molar-refractivity contribution is -0.119. The predicted molar refractivity (Wildman–Crippen MR) is 98.7 cm³/mol.